The molecule has 0 bridgehead atoms. The fourth-order valence-corrected chi connectivity index (χ4v) is 3.64. The minimum atomic E-state index is -0.484. The van der Waals surface area contributed by atoms with Crippen LogP contribution in [0.2, 0.25) is 0 Å². The highest BCUT2D eigenvalue weighted by molar-refractivity contribution is 9.10. The van der Waals surface area contributed by atoms with Crippen molar-refractivity contribution in [2.75, 3.05) is 5.32 Å². The summed E-state index contributed by atoms with van der Waals surface area (Å²) in [6, 6.07) is 12.3. The van der Waals surface area contributed by atoms with E-state index in [0.29, 0.717) is 27.1 Å². The molecule has 0 atom stereocenters. The van der Waals surface area contributed by atoms with Gasteiger partial charge in [-0.1, -0.05) is 29.4 Å². The van der Waals surface area contributed by atoms with Crippen LogP contribution >= 0.6 is 15.9 Å². The van der Waals surface area contributed by atoms with Gasteiger partial charge in [0.25, 0.3) is 5.91 Å². The highest BCUT2D eigenvalue weighted by Crippen LogP contribution is 2.24. The molecule has 4 rings (SSSR count). The van der Waals surface area contributed by atoms with E-state index in [4.69, 9.17) is 9.26 Å². The van der Waals surface area contributed by atoms with Crippen LogP contribution in [-0.4, -0.2) is 20.8 Å². The van der Waals surface area contributed by atoms with Crippen molar-refractivity contribution in [3.63, 3.8) is 0 Å². The Balaban J connectivity index is 1.47. The smallest absolute Gasteiger partial charge is 0.279 e. The molecule has 0 aliphatic heterocycles. The number of amides is 1. The first kappa shape index (κ1) is 22.7. The first-order valence-electron chi connectivity index (χ1n) is 10.2. The molecule has 0 aliphatic carbocycles. The summed E-state index contributed by atoms with van der Waals surface area (Å²) in [5, 5.41) is 11.0. The summed E-state index contributed by atoms with van der Waals surface area (Å²) in [6.45, 7) is 6.11. The number of benzene rings is 2. The molecule has 0 fully saturated rings. The fraction of sp³-hybridized carbons (Fsp3) is 0.208. The molecule has 2 heterocycles. The summed E-state index contributed by atoms with van der Waals surface area (Å²) in [5.74, 6) is 0.675. The molecule has 0 saturated heterocycles. The van der Waals surface area contributed by atoms with Gasteiger partial charge in [0.2, 0.25) is 0 Å². The van der Waals surface area contributed by atoms with Gasteiger partial charge >= 0.3 is 0 Å². The van der Waals surface area contributed by atoms with E-state index in [1.807, 2.05) is 32.0 Å². The van der Waals surface area contributed by atoms with Crippen LogP contribution in [0.3, 0.4) is 0 Å². The third-order valence-electron chi connectivity index (χ3n) is 5.30. The first-order chi connectivity index (χ1) is 15.8. The topological polar surface area (TPSA) is 82.2 Å². The molecule has 0 saturated carbocycles. The van der Waals surface area contributed by atoms with E-state index < -0.39 is 5.91 Å². The van der Waals surface area contributed by atoms with Crippen molar-refractivity contribution in [1.29, 1.82) is 0 Å². The van der Waals surface area contributed by atoms with Crippen LogP contribution in [0.5, 0.6) is 5.75 Å². The van der Waals surface area contributed by atoms with Gasteiger partial charge in [-0.25, -0.2) is 4.39 Å². The Bertz CT molecular complexity index is 1320. The van der Waals surface area contributed by atoms with Gasteiger partial charge in [0.05, 0.1) is 16.6 Å². The second kappa shape index (κ2) is 9.58. The first-order valence-corrected chi connectivity index (χ1v) is 11.0. The molecule has 1 amide bonds. The van der Waals surface area contributed by atoms with E-state index in [1.54, 1.807) is 31.3 Å². The monoisotopic (exact) mass is 512 g/mol. The second-order valence-corrected chi connectivity index (χ2v) is 8.52. The quantitative estimate of drug-likeness (QED) is 0.349. The third kappa shape index (κ3) is 5.14. The Morgan fingerprint density at radius 3 is 2.73 bits per heavy atom. The lowest BCUT2D eigenvalue weighted by atomic mass is 10.1. The SMILES string of the molecule is Cc1ccc(OCc2c(C(=O)Nc3nn(Cc4ccccc4F)cc3Br)noc2C)cc1C. The van der Waals surface area contributed by atoms with E-state index in [1.165, 1.54) is 16.3 Å². The average molecular weight is 513 g/mol. The predicted octanol–water partition coefficient (Wildman–Crippen LogP) is 5.58. The van der Waals surface area contributed by atoms with Crippen molar-refractivity contribution in [2.45, 2.75) is 33.9 Å². The Morgan fingerprint density at radius 2 is 1.97 bits per heavy atom. The zero-order chi connectivity index (χ0) is 23.5. The number of aryl methyl sites for hydroxylation is 3. The van der Waals surface area contributed by atoms with E-state index in [9.17, 15) is 9.18 Å². The highest BCUT2D eigenvalue weighted by atomic mass is 79.9. The lowest BCUT2D eigenvalue weighted by Gasteiger charge is -2.09. The Hall–Kier alpha value is -3.46. The van der Waals surface area contributed by atoms with Gasteiger partial charge in [-0.3, -0.25) is 9.48 Å². The molecule has 2 aromatic carbocycles. The molecule has 4 aromatic rings. The Kier molecular flexibility index (Phi) is 6.60. The molecule has 33 heavy (non-hydrogen) atoms. The van der Waals surface area contributed by atoms with Crippen molar-refractivity contribution in [3.8, 4) is 5.75 Å². The third-order valence-corrected chi connectivity index (χ3v) is 5.88. The van der Waals surface area contributed by atoms with Crippen LogP contribution in [0.4, 0.5) is 10.2 Å². The minimum absolute atomic E-state index is 0.117. The minimum Gasteiger partial charge on any atom is -0.489 e. The van der Waals surface area contributed by atoms with Crippen molar-refractivity contribution in [2.24, 2.45) is 0 Å². The summed E-state index contributed by atoms with van der Waals surface area (Å²) in [5.41, 5.74) is 3.44. The summed E-state index contributed by atoms with van der Waals surface area (Å²) >= 11 is 3.39. The Labute approximate surface area is 198 Å². The average Bonchev–Trinajstić information content (AvgIpc) is 3.32. The maximum absolute atomic E-state index is 13.9. The lowest BCUT2D eigenvalue weighted by Crippen LogP contribution is -2.16. The van der Waals surface area contributed by atoms with Gasteiger partial charge in [0.15, 0.2) is 11.5 Å². The molecule has 1 N–H and O–H groups in total. The molecular weight excluding hydrogens is 491 g/mol. The standard InChI is InChI=1S/C24H22BrFN4O3/c1-14-8-9-18(10-15(14)2)32-13-19-16(3)33-29-22(19)24(31)27-23-20(25)12-30(28-23)11-17-6-4-5-7-21(17)26/h4-10,12H,11,13H2,1-3H3,(H,27,28,31). The molecule has 9 heteroatoms. The maximum atomic E-state index is 13.9. The number of rotatable bonds is 7. The molecule has 0 aliphatic rings. The molecule has 7 nitrogen and oxygen atoms in total. The summed E-state index contributed by atoms with van der Waals surface area (Å²) in [7, 11) is 0. The number of carbonyl (C=O) groups excluding carboxylic acids is 1. The maximum Gasteiger partial charge on any atom is 0.279 e. The van der Waals surface area contributed by atoms with Crippen LogP contribution in [0.15, 0.2) is 57.7 Å². The molecule has 170 valence electrons. The number of hydrogen-bond acceptors (Lipinski definition) is 5. The second-order valence-electron chi connectivity index (χ2n) is 7.67. The normalized spacial score (nSPS) is 10.9. The number of nitrogens with zero attached hydrogens (tertiary/aromatic N) is 3. The molecule has 0 unspecified atom stereocenters. The fourth-order valence-electron chi connectivity index (χ4n) is 3.23. The number of anilines is 1. The van der Waals surface area contributed by atoms with Crippen molar-refractivity contribution < 1.29 is 18.4 Å². The summed E-state index contributed by atoms with van der Waals surface area (Å²) in [6.07, 6.45) is 1.67. The van der Waals surface area contributed by atoms with Crippen LogP contribution in [0.1, 0.15) is 38.5 Å². The number of aromatic nitrogens is 3. The Morgan fingerprint density at radius 1 is 1.18 bits per heavy atom. The van der Waals surface area contributed by atoms with Gasteiger partial charge in [-0.2, -0.15) is 5.10 Å². The number of halogens is 2. The van der Waals surface area contributed by atoms with Crippen LogP contribution in [0.25, 0.3) is 0 Å². The zero-order valence-electron chi connectivity index (χ0n) is 18.4. The lowest BCUT2D eigenvalue weighted by molar-refractivity contribution is 0.101. The number of ether oxygens (including phenoxy) is 1. The van der Waals surface area contributed by atoms with Crippen molar-refractivity contribution in [3.05, 3.63) is 92.7 Å². The van der Waals surface area contributed by atoms with Gasteiger partial charge in [-0.15, -0.1) is 0 Å². The van der Waals surface area contributed by atoms with E-state index in [2.05, 4.69) is 31.5 Å². The van der Waals surface area contributed by atoms with E-state index in [0.717, 1.165) is 5.56 Å². The summed E-state index contributed by atoms with van der Waals surface area (Å²) < 4.78 is 27.2. The van der Waals surface area contributed by atoms with Crippen LogP contribution < -0.4 is 10.1 Å². The number of hydrogen-bond donors (Lipinski definition) is 1. The molecule has 0 radical (unpaired) electrons. The predicted molar refractivity (Wildman–Crippen MR) is 125 cm³/mol. The van der Waals surface area contributed by atoms with Gasteiger partial charge in [0.1, 0.15) is 23.9 Å². The van der Waals surface area contributed by atoms with Crippen LogP contribution in [0, 0.1) is 26.6 Å². The number of nitrogens with one attached hydrogen (secondary N) is 1. The van der Waals surface area contributed by atoms with E-state index >= 15 is 0 Å². The largest absolute Gasteiger partial charge is 0.489 e. The van der Waals surface area contributed by atoms with Gasteiger partial charge < -0.3 is 14.6 Å². The number of carbonyl (C=O) groups is 1. The van der Waals surface area contributed by atoms with Crippen LogP contribution in [-0.2, 0) is 13.2 Å². The summed E-state index contributed by atoms with van der Waals surface area (Å²) in [4.78, 5) is 12.9. The zero-order valence-corrected chi connectivity index (χ0v) is 19.9. The molecule has 2 aromatic heterocycles. The van der Waals surface area contributed by atoms with E-state index in [-0.39, 0.29) is 30.5 Å². The van der Waals surface area contributed by atoms with Gasteiger partial charge in [0, 0.05) is 11.8 Å². The van der Waals surface area contributed by atoms with Gasteiger partial charge in [-0.05, 0) is 66.0 Å². The molecular formula is C24H22BrFN4O3. The molecule has 0 spiro atoms. The van der Waals surface area contributed by atoms with Crippen molar-refractivity contribution in [1.82, 2.24) is 14.9 Å². The highest BCUT2D eigenvalue weighted by Gasteiger charge is 2.22. The van der Waals surface area contributed by atoms with Crippen molar-refractivity contribution >= 4 is 27.7 Å².